The number of unbranched alkanes of at least 4 members (excludes halogenated alkanes) is 3. The van der Waals surface area contributed by atoms with Crippen molar-refractivity contribution >= 4 is 27.6 Å². The first-order chi connectivity index (χ1) is 12.9. The molecule has 7 heteroatoms. The van der Waals surface area contributed by atoms with E-state index in [1.54, 1.807) is 12.1 Å². The third-order valence-corrected chi connectivity index (χ3v) is 5.94. The molecule has 1 atom stereocenters. The molecule has 2 aromatic rings. The average molecular weight is 410 g/mol. The van der Waals surface area contributed by atoms with E-state index in [-0.39, 0.29) is 17.4 Å². The highest BCUT2D eigenvalue weighted by molar-refractivity contribution is 7.89. The molecule has 0 aromatic heterocycles. The predicted octanol–water partition coefficient (Wildman–Crippen LogP) is 4.78. The van der Waals surface area contributed by atoms with Gasteiger partial charge in [0.05, 0.1) is 4.90 Å². The molecule has 146 valence electrons. The van der Waals surface area contributed by atoms with Gasteiger partial charge in [0.1, 0.15) is 0 Å². The van der Waals surface area contributed by atoms with Crippen molar-refractivity contribution < 1.29 is 18.3 Å². The van der Waals surface area contributed by atoms with Crippen molar-refractivity contribution in [3.8, 4) is 0 Å². The summed E-state index contributed by atoms with van der Waals surface area (Å²) in [6.07, 6.45) is 3.92. The lowest BCUT2D eigenvalue weighted by molar-refractivity contribution is -0.137. The first-order valence-electron chi connectivity index (χ1n) is 8.93. The Morgan fingerprint density at radius 3 is 2.37 bits per heavy atom. The van der Waals surface area contributed by atoms with Crippen molar-refractivity contribution in [3.63, 3.8) is 0 Å². The maximum Gasteiger partial charge on any atom is 0.303 e. The molecule has 0 fully saturated rings. The van der Waals surface area contributed by atoms with Gasteiger partial charge in [-0.1, -0.05) is 67.3 Å². The summed E-state index contributed by atoms with van der Waals surface area (Å²) < 4.78 is 28.3. The molecule has 5 nitrogen and oxygen atoms in total. The van der Waals surface area contributed by atoms with Crippen molar-refractivity contribution in [2.24, 2.45) is 0 Å². The van der Waals surface area contributed by atoms with Crippen LogP contribution in [0.1, 0.15) is 50.1 Å². The van der Waals surface area contributed by atoms with Gasteiger partial charge in [0, 0.05) is 17.5 Å². The maximum atomic E-state index is 12.7. The number of carboxylic acid groups (broad SMARTS) is 1. The number of aliphatic carboxylic acids is 1. The van der Waals surface area contributed by atoms with Crippen molar-refractivity contribution in [2.45, 2.75) is 49.5 Å². The predicted molar refractivity (Wildman–Crippen MR) is 106 cm³/mol. The second-order valence-electron chi connectivity index (χ2n) is 6.39. The molecule has 0 bridgehead atoms. The van der Waals surface area contributed by atoms with E-state index >= 15 is 0 Å². The van der Waals surface area contributed by atoms with Crippen LogP contribution in [0.4, 0.5) is 0 Å². The van der Waals surface area contributed by atoms with Crippen LogP contribution in [0.3, 0.4) is 0 Å². The average Bonchev–Trinajstić information content (AvgIpc) is 2.64. The van der Waals surface area contributed by atoms with E-state index in [1.165, 1.54) is 12.1 Å². The van der Waals surface area contributed by atoms with Gasteiger partial charge in [-0.3, -0.25) is 4.79 Å². The standard InChI is InChI=1S/C20H24ClNO4S/c21-17-11-8-12-18(15-17)27(25,26)22-19(16-9-4-3-5-10-16)13-6-1-2-7-14-20(23)24/h3-5,8-12,15,19,22H,1-2,6-7,13-14H2,(H,23,24). The Bertz CT molecular complexity index is 840. The maximum absolute atomic E-state index is 12.7. The number of sulfonamides is 1. The van der Waals surface area contributed by atoms with Crippen molar-refractivity contribution in [1.82, 2.24) is 4.72 Å². The van der Waals surface area contributed by atoms with Crippen LogP contribution in [0.2, 0.25) is 5.02 Å². The molecule has 0 saturated carbocycles. The Hall–Kier alpha value is -1.89. The zero-order valence-electron chi connectivity index (χ0n) is 15.0. The Balaban J connectivity index is 2.03. The topological polar surface area (TPSA) is 83.5 Å². The Morgan fingerprint density at radius 2 is 1.70 bits per heavy atom. The lowest BCUT2D eigenvalue weighted by atomic mass is 10.0. The second kappa shape index (κ2) is 10.4. The summed E-state index contributed by atoms with van der Waals surface area (Å²) in [6.45, 7) is 0. The molecule has 0 heterocycles. The smallest absolute Gasteiger partial charge is 0.303 e. The Labute approximate surface area is 165 Å². The van der Waals surface area contributed by atoms with Crippen LogP contribution < -0.4 is 4.72 Å². The van der Waals surface area contributed by atoms with Gasteiger partial charge in [0.25, 0.3) is 0 Å². The first-order valence-corrected chi connectivity index (χ1v) is 10.8. The van der Waals surface area contributed by atoms with Crippen LogP contribution in [-0.2, 0) is 14.8 Å². The molecular formula is C20H24ClNO4S. The SMILES string of the molecule is O=C(O)CCCCCCC(NS(=O)(=O)c1cccc(Cl)c1)c1ccccc1. The fourth-order valence-corrected chi connectivity index (χ4v) is 4.41. The van der Waals surface area contributed by atoms with Crippen LogP contribution >= 0.6 is 11.6 Å². The number of nitrogens with one attached hydrogen (secondary N) is 1. The molecule has 0 amide bonds. The van der Waals surface area contributed by atoms with E-state index in [9.17, 15) is 13.2 Å². The largest absolute Gasteiger partial charge is 0.481 e. The molecule has 2 aromatic carbocycles. The molecule has 0 aliphatic heterocycles. The highest BCUT2D eigenvalue weighted by Gasteiger charge is 2.21. The molecule has 0 saturated heterocycles. The number of hydrogen-bond donors (Lipinski definition) is 2. The summed E-state index contributed by atoms with van der Waals surface area (Å²) in [6, 6.07) is 15.3. The van der Waals surface area contributed by atoms with Crippen LogP contribution in [0.15, 0.2) is 59.5 Å². The monoisotopic (exact) mass is 409 g/mol. The molecule has 27 heavy (non-hydrogen) atoms. The van der Waals surface area contributed by atoms with E-state index < -0.39 is 16.0 Å². The molecule has 0 spiro atoms. The van der Waals surface area contributed by atoms with Gasteiger partial charge in [0.2, 0.25) is 10.0 Å². The highest BCUT2D eigenvalue weighted by atomic mass is 35.5. The molecule has 0 aliphatic carbocycles. The van der Waals surface area contributed by atoms with Crippen LogP contribution in [-0.4, -0.2) is 19.5 Å². The fraction of sp³-hybridized carbons (Fsp3) is 0.350. The van der Waals surface area contributed by atoms with Gasteiger partial charge in [-0.2, -0.15) is 0 Å². The summed E-state index contributed by atoms with van der Waals surface area (Å²) in [5, 5.41) is 9.04. The number of carboxylic acids is 1. The summed E-state index contributed by atoms with van der Waals surface area (Å²) in [5.41, 5.74) is 0.897. The summed E-state index contributed by atoms with van der Waals surface area (Å²) in [5.74, 6) is -0.786. The highest BCUT2D eigenvalue weighted by Crippen LogP contribution is 2.24. The summed E-state index contributed by atoms with van der Waals surface area (Å²) in [7, 11) is -3.70. The van der Waals surface area contributed by atoms with Gasteiger partial charge in [-0.15, -0.1) is 0 Å². The van der Waals surface area contributed by atoms with Gasteiger partial charge in [0.15, 0.2) is 0 Å². The molecule has 2 rings (SSSR count). The van der Waals surface area contributed by atoms with Crippen molar-refractivity contribution in [3.05, 3.63) is 65.2 Å². The number of halogens is 1. The number of hydrogen-bond acceptors (Lipinski definition) is 3. The lowest BCUT2D eigenvalue weighted by Gasteiger charge is -2.19. The van der Waals surface area contributed by atoms with E-state index in [4.69, 9.17) is 16.7 Å². The van der Waals surface area contributed by atoms with Crippen LogP contribution in [0.5, 0.6) is 0 Å². The molecule has 0 aliphatic rings. The number of rotatable bonds is 11. The van der Waals surface area contributed by atoms with Crippen LogP contribution in [0, 0.1) is 0 Å². The normalized spacial score (nSPS) is 12.6. The third-order valence-electron chi connectivity index (χ3n) is 4.24. The van der Waals surface area contributed by atoms with E-state index in [2.05, 4.69) is 4.72 Å². The van der Waals surface area contributed by atoms with Gasteiger partial charge in [-0.05, 0) is 36.6 Å². The first kappa shape index (κ1) is 21.4. The Morgan fingerprint density at radius 1 is 1.00 bits per heavy atom. The third kappa shape index (κ3) is 7.33. The van der Waals surface area contributed by atoms with Crippen molar-refractivity contribution in [1.29, 1.82) is 0 Å². The molecule has 1 unspecified atom stereocenters. The summed E-state index contributed by atoms with van der Waals surface area (Å²) >= 11 is 5.92. The van der Waals surface area contributed by atoms with Crippen molar-refractivity contribution in [2.75, 3.05) is 0 Å². The summed E-state index contributed by atoms with van der Waals surface area (Å²) in [4.78, 5) is 10.7. The zero-order valence-corrected chi connectivity index (χ0v) is 16.5. The minimum absolute atomic E-state index is 0.136. The Kier molecular flexibility index (Phi) is 8.28. The number of benzene rings is 2. The van der Waals surface area contributed by atoms with Gasteiger partial charge in [-0.25, -0.2) is 13.1 Å². The molecule has 2 N–H and O–H groups in total. The van der Waals surface area contributed by atoms with E-state index in [0.29, 0.717) is 17.9 Å². The van der Waals surface area contributed by atoms with Gasteiger partial charge >= 0.3 is 5.97 Å². The minimum Gasteiger partial charge on any atom is -0.481 e. The lowest BCUT2D eigenvalue weighted by Crippen LogP contribution is -2.28. The molecular weight excluding hydrogens is 386 g/mol. The number of carbonyl (C=O) groups is 1. The second-order valence-corrected chi connectivity index (χ2v) is 8.54. The zero-order chi connectivity index (χ0) is 19.7. The minimum atomic E-state index is -3.70. The fourth-order valence-electron chi connectivity index (χ4n) is 2.85. The van der Waals surface area contributed by atoms with E-state index in [0.717, 1.165) is 24.8 Å². The van der Waals surface area contributed by atoms with Crippen LogP contribution in [0.25, 0.3) is 0 Å². The molecule has 0 radical (unpaired) electrons. The van der Waals surface area contributed by atoms with E-state index in [1.807, 2.05) is 30.3 Å². The van der Waals surface area contributed by atoms with Gasteiger partial charge < -0.3 is 5.11 Å². The quantitative estimate of drug-likeness (QED) is 0.523.